The Labute approximate surface area is 166 Å². The van der Waals surface area contributed by atoms with Crippen LogP contribution in [0.15, 0.2) is 64.9 Å². The topological polar surface area (TPSA) is 85.8 Å². The normalized spacial score (nSPS) is 12.0. The number of pyridine rings is 1. The fourth-order valence-electron chi connectivity index (χ4n) is 2.98. The zero-order valence-electron chi connectivity index (χ0n) is 15.3. The van der Waals surface area contributed by atoms with Crippen molar-refractivity contribution in [2.45, 2.75) is 25.9 Å². The summed E-state index contributed by atoms with van der Waals surface area (Å²) >= 11 is 1.65. The molecule has 0 spiro atoms. The molecular formula is C20H19N5O2S. The van der Waals surface area contributed by atoms with Crippen molar-refractivity contribution in [3.63, 3.8) is 0 Å². The summed E-state index contributed by atoms with van der Waals surface area (Å²) in [5.74, 6) is 0.319. The largest absolute Gasteiger partial charge is 0.361 e. The maximum absolute atomic E-state index is 13.0. The van der Waals surface area contributed by atoms with Crippen LogP contribution in [-0.2, 0) is 13.0 Å². The summed E-state index contributed by atoms with van der Waals surface area (Å²) in [6.07, 6.45) is 5.92. The van der Waals surface area contributed by atoms with E-state index < -0.39 is 0 Å². The third kappa shape index (κ3) is 4.01. The third-order valence-electron chi connectivity index (χ3n) is 4.41. The summed E-state index contributed by atoms with van der Waals surface area (Å²) < 4.78 is 7.03. The molecule has 0 bridgehead atoms. The Balaban J connectivity index is 1.58. The van der Waals surface area contributed by atoms with Gasteiger partial charge < -0.3 is 9.84 Å². The number of amides is 1. The molecule has 0 saturated heterocycles. The second kappa shape index (κ2) is 8.18. The van der Waals surface area contributed by atoms with Gasteiger partial charge in [0.05, 0.1) is 18.3 Å². The fourth-order valence-corrected chi connectivity index (χ4v) is 3.73. The average Bonchev–Trinajstić information content (AvgIpc) is 3.46. The Kier molecular flexibility index (Phi) is 5.29. The maximum atomic E-state index is 13.0. The summed E-state index contributed by atoms with van der Waals surface area (Å²) in [4.78, 5) is 18.6. The molecule has 0 radical (unpaired) electrons. The summed E-state index contributed by atoms with van der Waals surface area (Å²) in [5.41, 5.74) is 1.80. The number of hydrogen-bond acceptors (Lipinski definition) is 6. The van der Waals surface area contributed by atoms with Crippen LogP contribution in [-0.4, -0.2) is 25.8 Å². The Morgan fingerprint density at radius 2 is 2.18 bits per heavy atom. The van der Waals surface area contributed by atoms with Crippen LogP contribution in [0.2, 0.25) is 0 Å². The van der Waals surface area contributed by atoms with E-state index in [2.05, 4.69) is 26.6 Å². The zero-order valence-corrected chi connectivity index (χ0v) is 16.1. The number of aromatic nitrogens is 4. The van der Waals surface area contributed by atoms with Crippen molar-refractivity contribution in [2.75, 3.05) is 0 Å². The SMILES string of the molecule is Cc1onc(C(=O)N[C@H](Cc2cccs2)c2ccccn2)c1Cn1cccn1. The molecule has 0 unspecified atom stereocenters. The predicted molar refractivity (Wildman–Crippen MR) is 105 cm³/mol. The molecule has 4 aromatic rings. The number of rotatable bonds is 7. The standard InChI is InChI=1S/C20H19N5O2S/c1-14-16(13-25-10-5-9-22-25)19(24-27-14)20(26)23-18(12-15-6-4-11-28-15)17-7-2-3-8-21-17/h2-11,18H,12-13H2,1H3,(H,23,26)/t18-/m1/s1. The van der Waals surface area contributed by atoms with E-state index in [1.54, 1.807) is 35.3 Å². The van der Waals surface area contributed by atoms with Crippen LogP contribution in [0.4, 0.5) is 0 Å². The molecule has 142 valence electrons. The Morgan fingerprint density at radius 3 is 2.89 bits per heavy atom. The van der Waals surface area contributed by atoms with Gasteiger partial charge in [-0.15, -0.1) is 11.3 Å². The van der Waals surface area contributed by atoms with E-state index in [-0.39, 0.29) is 17.6 Å². The number of aryl methyl sites for hydroxylation is 1. The minimum Gasteiger partial charge on any atom is -0.361 e. The number of hydrogen-bond donors (Lipinski definition) is 1. The number of nitrogens with one attached hydrogen (secondary N) is 1. The highest BCUT2D eigenvalue weighted by Crippen LogP contribution is 2.22. The molecule has 4 rings (SSSR count). The van der Waals surface area contributed by atoms with E-state index in [9.17, 15) is 4.79 Å². The molecule has 1 atom stereocenters. The molecule has 7 nitrogen and oxygen atoms in total. The van der Waals surface area contributed by atoms with Crippen molar-refractivity contribution in [2.24, 2.45) is 0 Å². The molecule has 0 aliphatic heterocycles. The van der Waals surface area contributed by atoms with E-state index in [1.165, 1.54) is 4.88 Å². The van der Waals surface area contributed by atoms with Gasteiger partial charge in [0.15, 0.2) is 5.69 Å². The second-order valence-corrected chi connectivity index (χ2v) is 7.37. The highest BCUT2D eigenvalue weighted by Gasteiger charge is 2.24. The maximum Gasteiger partial charge on any atom is 0.274 e. The summed E-state index contributed by atoms with van der Waals surface area (Å²) in [6.45, 7) is 2.22. The van der Waals surface area contributed by atoms with Gasteiger partial charge in [-0.3, -0.25) is 14.5 Å². The molecule has 0 aliphatic carbocycles. The van der Waals surface area contributed by atoms with Crippen LogP contribution in [0.25, 0.3) is 0 Å². The lowest BCUT2D eigenvalue weighted by Gasteiger charge is -2.17. The molecule has 4 heterocycles. The molecule has 0 saturated carbocycles. The van der Waals surface area contributed by atoms with Crippen LogP contribution in [0.3, 0.4) is 0 Å². The molecule has 1 N–H and O–H groups in total. The van der Waals surface area contributed by atoms with Gasteiger partial charge in [-0.1, -0.05) is 17.3 Å². The van der Waals surface area contributed by atoms with Crippen molar-refractivity contribution in [1.29, 1.82) is 0 Å². The van der Waals surface area contributed by atoms with Gasteiger partial charge in [-0.25, -0.2) is 0 Å². The quantitative estimate of drug-likeness (QED) is 0.520. The number of thiophene rings is 1. The van der Waals surface area contributed by atoms with Gasteiger partial charge in [0.25, 0.3) is 5.91 Å². The van der Waals surface area contributed by atoms with E-state index in [0.29, 0.717) is 18.7 Å². The van der Waals surface area contributed by atoms with Gasteiger partial charge in [0, 0.05) is 35.5 Å². The highest BCUT2D eigenvalue weighted by atomic mass is 32.1. The lowest BCUT2D eigenvalue weighted by molar-refractivity contribution is 0.0925. The van der Waals surface area contributed by atoms with Crippen LogP contribution in [0.5, 0.6) is 0 Å². The van der Waals surface area contributed by atoms with Gasteiger partial charge in [-0.05, 0) is 36.6 Å². The second-order valence-electron chi connectivity index (χ2n) is 6.33. The van der Waals surface area contributed by atoms with Crippen molar-refractivity contribution in [1.82, 2.24) is 25.2 Å². The first kappa shape index (κ1) is 18.1. The fraction of sp³-hybridized carbons (Fsp3) is 0.200. The lowest BCUT2D eigenvalue weighted by atomic mass is 10.1. The molecule has 1 amide bonds. The summed E-state index contributed by atoms with van der Waals surface area (Å²) in [5, 5.41) is 13.3. The molecule has 8 heteroatoms. The van der Waals surface area contributed by atoms with E-state index in [4.69, 9.17) is 4.52 Å². The van der Waals surface area contributed by atoms with Gasteiger partial charge >= 0.3 is 0 Å². The van der Waals surface area contributed by atoms with Gasteiger partial charge in [0.2, 0.25) is 0 Å². The summed E-state index contributed by atoms with van der Waals surface area (Å²) in [6, 6.07) is 11.3. The Morgan fingerprint density at radius 1 is 1.25 bits per heavy atom. The highest BCUT2D eigenvalue weighted by molar-refractivity contribution is 7.09. The van der Waals surface area contributed by atoms with E-state index >= 15 is 0 Å². The molecule has 4 aromatic heterocycles. The van der Waals surface area contributed by atoms with E-state index in [0.717, 1.165) is 11.3 Å². The number of nitrogens with zero attached hydrogens (tertiary/aromatic N) is 4. The Bertz CT molecular complexity index is 1030. The van der Waals surface area contributed by atoms with Crippen molar-refractivity contribution in [3.05, 3.63) is 88.0 Å². The molecule has 0 fully saturated rings. The predicted octanol–water partition coefficient (Wildman–Crippen LogP) is 3.40. The number of carbonyl (C=O) groups is 1. The first-order valence-corrected chi connectivity index (χ1v) is 9.75. The third-order valence-corrected chi connectivity index (χ3v) is 5.31. The number of carbonyl (C=O) groups excluding carboxylic acids is 1. The monoisotopic (exact) mass is 393 g/mol. The van der Waals surface area contributed by atoms with Crippen molar-refractivity contribution < 1.29 is 9.32 Å². The molecule has 0 aliphatic rings. The average molecular weight is 393 g/mol. The molecule has 0 aromatic carbocycles. The molecule has 28 heavy (non-hydrogen) atoms. The van der Waals surface area contributed by atoms with Crippen molar-refractivity contribution in [3.8, 4) is 0 Å². The Hall–Kier alpha value is -3.26. The van der Waals surface area contributed by atoms with Crippen LogP contribution in [0, 0.1) is 6.92 Å². The first-order valence-electron chi connectivity index (χ1n) is 8.87. The minimum atomic E-state index is -0.286. The van der Waals surface area contributed by atoms with Crippen LogP contribution < -0.4 is 5.32 Å². The lowest BCUT2D eigenvalue weighted by Crippen LogP contribution is -2.31. The first-order chi connectivity index (χ1) is 13.7. The van der Waals surface area contributed by atoms with E-state index in [1.807, 2.05) is 41.9 Å². The van der Waals surface area contributed by atoms with Crippen molar-refractivity contribution >= 4 is 17.2 Å². The minimum absolute atomic E-state index is 0.262. The zero-order chi connectivity index (χ0) is 19.3. The van der Waals surface area contributed by atoms with Crippen LogP contribution >= 0.6 is 11.3 Å². The van der Waals surface area contributed by atoms with Gasteiger partial charge in [0.1, 0.15) is 5.76 Å². The smallest absolute Gasteiger partial charge is 0.274 e. The molecular weight excluding hydrogens is 374 g/mol. The van der Waals surface area contributed by atoms with Gasteiger partial charge in [-0.2, -0.15) is 5.10 Å². The van der Waals surface area contributed by atoms with Crippen LogP contribution in [0.1, 0.15) is 38.4 Å². The summed E-state index contributed by atoms with van der Waals surface area (Å²) in [7, 11) is 0.